The van der Waals surface area contributed by atoms with Crippen molar-refractivity contribution in [1.29, 1.82) is 5.26 Å². The van der Waals surface area contributed by atoms with Crippen LogP contribution in [0.25, 0.3) is 0 Å². The van der Waals surface area contributed by atoms with Crippen LogP contribution in [0.15, 0.2) is 0 Å². The highest BCUT2D eigenvalue weighted by molar-refractivity contribution is 5.83. The van der Waals surface area contributed by atoms with Crippen molar-refractivity contribution in [2.75, 3.05) is 13.2 Å². The highest BCUT2D eigenvalue weighted by Crippen LogP contribution is 2.41. The van der Waals surface area contributed by atoms with Crippen molar-refractivity contribution in [2.45, 2.75) is 81.5 Å². The first-order valence-electron chi connectivity index (χ1n) is 8.81. The molecule has 1 atom stereocenters. The molecule has 3 aliphatic rings. The lowest BCUT2D eigenvalue weighted by Gasteiger charge is -2.44. The molecule has 7 heteroatoms. The Hall–Kier alpha value is -1.26. The number of carbonyl (C=O) groups excluding carboxylic acids is 1. The summed E-state index contributed by atoms with van der Waals surface area (Å²) in [5.41, 5.74) is -1.44. The van der Waals surface area contributed by atoms with E-state index in [1.165, 1.54) is 0 Å². The van der Waals surface area contributed by atoms with E-state index in [1.807, 2.05) is 4.90 Å². The molecule has 5 nitrogen and oxygen atoms in total. The molecule has 1 heterocycles. The zero-order valence-corrected chi connectivity index (χ0v) is 14.1. The van der Waals surface area contributed by atoms with Crippen molar-refractivity contribution in [1.82, 2.24) is 10.2 Å². The van der Waals surface area contributed by atoms with E-state index in [-0.39, 0.29) is 0 Å². The molecule has 1 spiro atoms. The number of nitrogens with zero attached hydrogens (tertiary/aromatic N) is 2. The molecule has 0 radical (unpaired) electrons. The fourth-order valence-electron chi connectivity index (χ4n) is 3.99. The van der Waals surface area contributed by atoms with Crippen molar-refractivity contribution in [3.63, 3.8) is 0 Å². The summed E-state index contributed by atoms with van der Waals surface area (Å²) in [5, 5.41) is 11.9. The Labute approximate surface area is 141 Å². The summed E-state index contributed by atoms with van der Waals surface area (Å²) >= 11 is 0. The molecule has 24 heavy (non-hydrogen) atoms. The van der Waals surface area contributed by atoms with Gasteiger partial charge >= 0.3 is 0 Å². The van der Waals surface area contributed by atoms with E-state index in [2.05, 4.69) is 11.4 Å². The highest BCUT2D eigenvalue weighted by atomic mass is 19.3. The third-order valence-corrected chi connectivity index (χ3v) is 5.42. The number of halogens is 2. The van der Waals surface area contributed by atoms with Crippen LogP contribution in [0.5, 0.6) is 0 Å². The minimum atomic E-state index is -2.95. The maximum atomic E-state index is 13.8. The second kappa shape index (κ2) is 6.23. The van der Waals surface area contributed by atoms with Crippen LogP contribution in [0.2, 0.25) is 0 Å². The van der Waals surface area contributed by atoms with Gasteiger partial charge in [-0.2, -0.15) is 5.26 Å². The van der Waals surface area contributed by atoms with E-state index in [1.54, 1.807) is 0 Å². The molecule has 3 rings (SSSR count). The van der Waals surface area contributed by atoms with Gasteiger partial charge in [-0.3, -0.25) is 9.69 Å². The van der Waals surface area contributed by atoms with E-state index in [9.17, 15) is 18.8 Å². The van der Waals surface area contributed by atoms with E-state index in [4.69, 9.17) is 4.74 Å². The Bertz CT molecular complexity index is 531. The summed E-state index contributed by atoms with van der Waals surface area (Å²) in [6, 6.07) is 1.13. The van der Waals surface area contributed by atoms with E-state index in [0.29, 0.717) is 26.0 Å². The minimum absolute atomic E-state index is 0.461. The van der Waals surface area contributed by atoms with Gasteiger partial charge in [0.15, 0.2) is 0 Å². The second-order valence-corrected chi connectivity index (χ2v) is 7.52. The maximum absolute atomic E-state index is 13.8. The van der Waals surface area contributed by atoms with Gasteiger partial charge in [0.05, 0.1) is 18.7 Å². The van der Waals surface area contributed by atoms with Gasteiger partial charge in [-0.15, -0.1) is 0 Å². The van der Waals surface area contributed by atoms with Crippen molar-refractivity contribution in [3.8, 4) is 6.07 Å². The summed E-state index contributed by atoms with van der Waals surface area (Å²) in [5.74, 6) is -3.42. The van der Waals surface area contributed by atoms with E-state index in [0.717, 1.165) is 39.0 Å². The Balaban J connectivity index is 1.81. The molecule has 0 unspecified atom stereocenters. The number of alkyl halides is 2. The lowest BCUT2D eigenvalue weighted by Crippen LogP contribution is -2.58. The quantitative estimate of drug-likeness (QED) is 0.835. The highest BCUT2D eigenvalue weighted by Gasteiger charge is 2.52. The molecule has 0 aromatic carbocycles. The smallest absolute Gasteiger partial charge is 0.247 e. The molecule has 134 valence electrons. The number of nitrogens with one attached hydrogen (secondary N) is 1. The fraction of sp³-hybridized carbons (Fsp3) is 0.882. The van der Waals surface area contributed by atoms with Crippen LogP contribution in [-0.2, 0) is 9.53 Å². The van der Waals surface area contributed by atoms with Crippen molar-refractivity contribution >= 4 is 5.91 Å². The molecule has 1 aliphatic heterocycles. The first-order chi connectivity index (χ1) is 11.3. The van der Waals surface area contributed by atoms with Gasteiger partial charge in [0, 0.05) is 13.0 Å². The molecule has 0 aromatic rings. The SMILES string of the molecule is CC(F)(F)C[C@@H](C(=O)NC1(C#N)CC1)N1CCOC12CCCCC2. The number of hydrogen-bond acceptors (Lipinski definition) is 4. The van der Waals surface area contributed by atoms with Crippen LogP contribution < -0.4 is 5.32 Å². The first-order valence-corrected chi connectivity index (χ1v) is 8.81. The third kappa shape index (κ3) is 3.55. The Kier molecular flexibility index (Phi) is 4.56. The average Bonchev–Trinajstić information content (AvgIpc) is 3.19. The maximum Gasteiger partial charge on any atom is 0.247 e. The van der Waals surface area contributed by atoms with Crippen LogP contribution in [0.3, 0.4) is 0 Å². The lowest BCUT2D eigenvalue weighted by atomic mass is 9.89. The number of rotatable bonds is 5. The van der Waals surface area contributed by atoms with Crippen LogP contribution in [-0.4, -0.2) is 47.2 Å². The summed E-state index contributed by atoms with van der Waals surface area (Å²) in [6.45, 7) is 1.78. The predicted octanol–water partition coefficient (Wildman–Crippen LogP) is 2.57. The molecule has 0 bridgehead atoms. The monoisotopic (exact) mass is 341 g/mol. The predicted molar refractivity (Wildman–Crippen MR) is 83.2 cm³/mol. The molecule has 0 aromatic heterocycles. The number of ether oxygens (including phenoxy) is 1. The molecule has 3 fully saturated rings. The van der Waals surface area contributed by atoms with Crippen LogP contribution in [0, 0.1) is 11.3 Å². The van der Waals surface area contributed by atoms with Crippen LogP contribution in [0.1, 0.15) is 58.3 Å². The minimum Gasteiger partial charge on any atom is -0.359 e. The average molecular weight is 341 g/mol. The summed E-state index contributed by atoms with van der Waals surface area (Å²) in [4.78, 5) is 14.6. The van der Waals surface area contributed by atoms with Gasteiger partial charge in [0.25, 0.3) is 0 Å². The summed E-state index contributed by atoms with van der Waals surface area (Å²) < 4.78 is 33.5. The largest absolute Gasteiger partial charge is 0.359 e. The zero-order valence-electron chi connectivity index (χ0n) is 14.1. The zero-order chi connectivity index (χ0) is 17.4. The number of hydrogen-bond donors (Lipinski definition) is 1. The van der Waals surface area contributed by atoms with E-state index >= 15 is 0 Å². The standard InChI is InChI=1S/C17H25F2N3O2/c1-15(18,19)11-13(14(23)21-16(12-20)7-8-16)22-9-10-24-17(22)5-3-2-4-6-17/h13H,2-11H2,1H3,(H,21,23)/t13-/m0/s1. The second-order valence-electron chi connectivity index (χ2n) is 7.52. The molecule has 1 N–H and O–H groups in total. The molecule has 1 amide bonds. The third-order valence-electron chi connectivity index (χ3n) is 5.42. The number of amides is 1. The summed E-state index contributed by atoms with van der Waals surface area (Å²) in [7, 11) is 0. The van der Waals surface area contributed by atoms with Crippen molar-refractivity contribution in [3.05, 3.63) is 0 Å². The molecule has 1 saturated heterocycles. The van der Waals surface area contributed by atoms with Crippen molar-refractivity contribution < 1.29 is 18.3 Å². The fourth-order valence-corrected chi connectivity index (χ4v) is 3.99. The van der Waals surface area contributed by atoms with Gasteiger partial charge in [0.2, 0.25) is 11.8 Å². The van der Waals surface area contributed by atoms with Crippen LogP contribution >= 0.6 is 0 Å². The Morgan fingerprint density at radius 3 is 2.54 bits per heavy atom. The topological polar surface area (TPSA) is 65.4 Å². The van der Waals surface area contributed by atoms with Crippen molar-refractivity contribution in [2.24, 2.45) is 0 Å². The number of carbonyl (C=O) groups is 1. The van der Waals surface area contributed by atoms with Gasteiger partial charge < -0.3 is 10.1 Å². The first kappa shape index (κ1) is 17.6. The van der Waals surface area contributed by atoms with Gasteiger partial charge in [-0.05, 0) is 45.4 Å². The van der Waals surface area contributed by atoms with Gasteiger partial charge in [0.1, 0.15) is 11.3 Å². The summed E-state index contributed by atoms with van der Waals surface area (Å²) in [6.07, 6.45) is 5.25. The van der Waals surface area contributed by atoms with Gasteiger partial charge in [-0.25, -0.2) is 8.78 Å². The molecule has 2 aliphatic carbocycles. The Morgan fingerprint density at radius 2 is 2.00 bits per heavy atom. The molecular weight excluding hydrogens is 316 g/mol. The van der Waals surface area contributed by atoms with Crippen LogP contribution in [0.4, 0.5) is 8.78 Å². The van der Waals surface area contributed by atoms with E-state index < -0.39 is 35.6 Å². The molecule has 2 saturated carbocycles. The normalized spacial score (nSPS) is 26.8. The van der Waals surface area contributed by atoms with Gasteiger partial charge in [-0.1, -0.05) is 6.42 Å². The Morgan fingerprint density at radius 1 is 1.33 bits per heavy atom. The molecular formula is C17H25F2N3O2. The lowest BCUT2D eigenvalue weighted by molar-refractivity contribution is -0.153. The number of nitriles is 1.